The van der Waals surface area contributed by atoms with Crippen LogP contribution in [0.5, 0.6) is 11.5 Å². The maximum Gasteiger partial charge on any atom is 0.345 e. The normalized spacial score (nSPS) is 31.0. The Morgan fingerprint density at radius 2 is 1.72 bits per heavy atom. The highest BCUT2D eigenvalue weighted by Gasteiger charge is 2.54. The first-order valence-corrected chi connectivity index (χ1v) is 23.3. The van der Waals surface area contributed by atoms with E-state index in [2.05, 4.69) is 20.9 Å². The van der Waals surface area contributed by atoms with Crippen LogP contribution in [0, 0.1) is 40.7 Å². The summed E-state index contributed by atoms with van der Waals surface area (Å²) in [5.74, 6) is -8.45. The number of aliphatic hydroxyl groups is 2. The third-order valence-corrected chi connectivity index (χ3v) is 14.5. The Morgan fingerprint density at radius 1 is 1.03 bits per heavy atom. The maximum absolute atomic E-state index is 14.8. The number of allylic oxidation sites excluding steroid dienone is 4. The van der Waals surface area contributed by atoms with Crippen LogP contribution in [0.3, 0.4) is 0 Å². The van der Waals surface area contributed by atoms with Gasteiger partial charge in [0.2, 0.25) is 11.7 Å². The van der Waals surface area contributed by atoms with Gasteiger partial charge in [-0.3, -0.25) is 44.0 Å². The molecule has 370 valence electrons. The number of nitrogens with zero attached hydrogens (tertiary/aromatic N) is 4. The quantitative estimate of drug-likeness (QED) is 0.136. The Kier molecular flexibility index (Phi) is 14.3. The van der Waals surface area contributed by atoms with Gasteiger partial charge in [0.15, 0.2) is 5.13 Å². The molecule has 5 heterocycles. The first-order valence-electron chi connectivity index (χ1n) is 22.5. The van der Waals surface area contributed by atoms with E-state index in [9.17, 15) is 49.4 Å². The Morgan fingerprint density at radius 3 is 2.36 bits per heavy atom. The number of rotatable bonds is 6. The number of esters is 1. The van der Waals surface area contributed by atoms with Crippen LogP contribution in [-0.4, -0.2) is 128 Å². The number of aliphatic imine (C=N–C) groups is 1. The first kappa shape index (κ1) is 50.5. The van der Waals surface area contributed by atoms with Crippen LogP contribution in [0.4, 0.5) is 10.1 Å². The van der Waals surface area contributed by atoms with Crippen LogP contribution in [0.1, 0.15) is 93.2 Å². The van der Waals surface area contributed by atoms with Crippen molar-refractivity contribution in [2.45, 2.75) is 104 Å². The average Bonchev–Trinajstić information content (AvgIpc) is 4.00. The number of carbonyl (C=O) groups excluding carboxylic acids is 5. The Labute approximate surface area is 401 Å². The Hall–Kier alpha value is -6.33. The number of aliphatic hydroxyl groups excluding tert-OH is 2. The van der Waals surface area contributed by atoms with E-state index in [1.165, 1.54) is 53.2 Å². The minimum Gasteiger partial charge on any atom is -0.507 e. The van der Waals surface area contributed by atoms with Gasteiger partial charge in [-0.15, -0.1) is 0 Å². The van der Waals surface area contributed by atoms with Crippen LogP contribution >= 0.6 is 11.3 Å². The number of methoxy groups -OCH3 is 1. The van der Waals surface area contributed by atoms with Gasteiger partial charge in [-0.05, 0) is 31.3 Å². The summed E-state index contributed by atoms with van der Waals surface area (Å²) in [5.41, 5.74) is -1.33. The van der Waals surface area contributed by atoms with E-state index in [-0.39, 0.29) is 80.2 Å². The zero-order chi connectivity index (χ0) is 50.4. The van der Waals surface area contributed by atoms with Gasteiger partial charge in [-0.2, -0.15) is 0 Å². The summed E-state index contributed by atoms with van der Waals surface area (Å²) in [6, 6.07) is 0. The lowest BCUT2D eigenvalue weighted by atomic mass is 9.78. The van der Waals surface area contributed by atoms with E-state index in [4.69, 9.17) is 23.9 Å². The number of thiazole rings is 1. The highest BCUT2D eigenvalue weighted by molar-refractivity contribution is 7.18. The van der Waals surface area contributed by atoms with Crippen molar-refractivity contribution in [3.05, 3.63) is 86.1 Å². The van der Waals surface area contributed by atoms with Gasteiger partial charge in [0, 0.05) is 87.3 Å². The molecule has 0 unspecified atom stereocenters. The van der Waals surface area contributed by atoms with E-state index in [1.54, 1.807) is 39.8 Å². The molecule has 1 aromatic heterocycles. The Balaban J connectivity index is 1.28. The average molecular weight is 976 g/mol. The van der Waals surface area contributed by atoms with Crippen molar-refractivity contribution in [1.82, 2.24) is 20.5 Å². The number of nitrogens with one attached hydrogen (secondary N) is 3. The number of phenolic OH excluding ortho intramolecular Hbond substituents is 1. The van der Waals surface area contributed by atoms with Crippen LogP contribution in [0.2, 0.25) is 0 Å². The van der Waals surface area contributed by atoms with Gasteiger partial charge in [0.05, 0.1) is 58.6 Å². The number of phenols is 1. The number of fused-ring (bicyclic) bond motifs is 3. The summed E-state index contributed by atoms with van der Waals surface area (Å²) in [7, 11) is 1.43. The fourth-order valence-electron chi connectivity index (χ4n) is 9.50. The van der Waals surface area contributed by atoms with Gasteiger partial charge in [-0.1, -0.05) is 45.9 Å². The topological polar surface area (TPSA) is 291 Å². The lowest BCUT2D eigenvalue weighted by Crippen LogP contribution is -2.51. The fourth-order valence-corrected chi connectivity index (χ4v) is 10.2. The van der Waals surface area contributed by atoms with Gasteiger partial charge in [0.25, 0.3) is 11.7 Å². The van der Waals surface area contributed by atoms with Crippen molar-refractivity contribution in [2.75, 3.05) is 32.1 Å². The number of likely N-dealkylation sites (tertiary alicyclic amines) is 1. The van der Waals surface area contributed by atoms with E-state index in [0.717, 1.165) is 17.5 Å². The molecule has 6 N–H and O–H groups in total. The molecule has 4 aliphatic heterocycles. The number of anilines is 1. The molecule has 21 nitrogen and oxygen atoms in total. The molecule has 5 aliphatic rings. The molecule has 22 heteroatoms. The summed E-state index contributed by atoms with van der Waals surface area (Å²) in [6.45, 7) is 13.1. The molecule has 69 heavy (non-hydrogen) atoms. The lowest BCUT2D eigenvalue weighted by molar-refractivity contribution is -0.380. The van der Waals surface area contributed by atoms with Crippen molar-refractivity contribution < 1.29 is 63.2 Å². The number of amides is 2. The van der Waals surface area contributed by atoms with Gasteiger partial charge >= 0.3 is 16.8 Å². The van der Waals surface area contributed by atoms with Crippen molar-refractivity contribution in [3.63, 3.8) is 0 Å². The minimum atomic E-state index is -2.06. The third kappa shape index (κ3) is 9.67. The van der Waals surface area contributed by atoms with Crippen molar-refractivity contribution in [3.8, 4) is 11.5 Å². The van der Waals surface area contributed by atoms with Crippen molar-refractivity contribution in [1.29, 1.82) is 0 Å². The summed E-state index contributed by atoms with van der Waals surface area (Å²) in [4.78, 5) is 90.4. The molecule has 9 atom stereocenters. The molecular formula is C47H57N7O14S. The number of hydrogen-bond donors (Lipinski definition) is 6. The number of piperidine rings is 1. The van der Waals surface area contributed by atoms with Crippen molar-refractivity contribution in [2.24, 2.45) is 28.7 Å². The second kappa shape index (κ2) is 19.6. The van der Waals surface area contributed by atoms with Crippen LogP contribution in [0.25, 0.3) is 0 Å². The second-order valence-electron chi connectivity index (χ2n) is 18.4. The number of ketones is 2. The van der Waals surface area contributed by atoms with Gasteiger partial charge in [-0.25, -0.2) is 4.98 Å². The van der Waals surface area contributed by atoms with Gasteiger partial charge < -0.3 is 50.2 Å². The third-order valence-electron chi connectivity index (χ3n) is 13.6. The van der Waals surface area contributed by atoms with Crippen LogP contribution in [0.15, 0.2) is 58.7 Å². The minimum absolute atomic E-state index is 0.0253. The van der Waals surface area contributed by atoms with Crippen molar-refractivity contribution >= 4 is 56.5 Å². The zero-order valence-corrected chi connectivity index (χ0v) is 40.5. The van der Waals surface area contributed by atoms with Crippen LogP contribution < -0.4 is 20.7 Å². The SMILES string of the molecule is CO[C@H]1/C=C/O[C@@]2(C)Oc3c(C)c(O)c4c(c3C2=O)C2=NC3(CCN(CC(=O)Nc5ncc([N+](=O)[O-])s5)CC3)NC2=C(NC(=O)/C(C)=C\C=C\[C@H](C)[C@H](O)[C@@H](C)[C@@H](O)[C@@H](C)[C@H](OC(C)=O)[C@@H]1C)C4=O. The summed E-state index contributed by atoms with van der Waals surface area (Å²) in [5, 5.41) is 54.5. The smallest absolute Gasteiger partial charge is 0.345 e. The van der Waals surface area contributed by atoms with E-state index < -0.39 is 99.6 Å². The van der Waals surface area contributed by atoms with E-state index >= 15 is 0 Å². The number of ether oxygens (including phenoxy) is 4. The number of aromatic nitrogens is 1. The highest BCUT2D eigenvalue weighted by atomic mass is 32.1. The molecule has 7 rings (SSSR count). The molecule has 1 aliphatic carbocycles. The fraction of sp³-hybridized carbons (Fsp3) is 0.511. The van der Waals surface area contributed by atoms with Gasteiger partial charge in [0.1, 0.15) is 35.2 Å². The number of carbonyl (C=O) groups is 5. The number of hydrogen-bond acceptors (Lipinski definition) is 19. The zero-order valence-electron chi connectivity index (χ0n) is 39.6. The molecule has 0 saturated carbocycles. The molecule has 2 aromatic rings. The number of benzene rings is 1. The summed E-state index contributed by atoms with van der Waals surface area (Å²) >= 11 is 0.731. The molecule has 5 bridgehead atoms. The molecular weight excluding hydrogens is 919 g/mol. The first-order chi connectivity index (χ1) is 32.5. The molecule has 1 aromatic carbocycles. The second-order valence-corrected chi connectivity index (χ2v) is 19.4. The number of aromatic hydroxyl groups is 1. The molecule has 1 saturated heterocycles. The molecule has 1 fully saturated rings. The predicted octanol–water partition coefficient (Wildman–Crippen LogP) is 3.96. The Bertz CT molecular complexity index is 2630. The van der Waals surface area contributed by atoms with Crippen LogP contribution in [-0.2, 0) is 28.6 Å². The highest BCUT2D eigenvalue weighted by Crippen LogP contribution is 2.50. The summed E-state index contributed by atoms with van der Waals surface area (Å²) < 4.78 is 23.9. The van der Waals surface area contributed by atoms with E-state index in [0.29, 0.717) is 13.1 Å². The standard InChI is InChI=1S/C47H57N7O14S/c1-21-11-10-12-22(2)44(62)50-36-35-34(51-47(52-35)14-16-53(17-15-47)20-29(56)49-45-48-19-30(69-45)54(63)64)31-32(40(36)60)39(59)26(6)42-33(31)43(61)46(8,68-42)66-18-13-28(65-9)23(3)41(67-27(7)55)25(5)38(58)24(4)37(21)57/h10-13,18-19,21,23-25,28,37-38,41,52,57-59H,14-17,20H2,1-9H3,(H,50,62)(H,48,49,56)/b11-10+,18-13+,22-12-/t21-,23+,24+,25+,28-,37-,38+,41+,46-/m0/s1. The monoisotopic (exact) mass is 975 g/mol. The maximum atomic E-state index is 14.8. The summed E-state index contributed by atoms with van der Waals surface area (Å²) in [6.07, 6.45) is 5.07. The number of nitro groups is 1. The predicted molar refractivity (Wildman–Crippen MR) is 249 cm³/mol. The number of Topliss-reactive ketones (excluding diaryl/α,β-unsaturated/α-hetero) is 2. The largest absolute Gasteiger partial charge is 0.507 e. The molecule has 0 radical (unpaired) electrons. The molecule has 1 spiro atoms. The lowest BCUT2D eigenvalue weighted by Gasteiger charge is -2.38. The van der Waals surface area contributed by atoms with E-state index in [1.807, 2.05) is 4.90 Å². The molecule has 2 amide bonds.